The number of pyridine rings is 1. The van der Waals surface area contributed by atoms with E-state index in [4.69, 9.17) is 11.6 Å². The molecule has 26 heavy (non-hydrogen) atoms. The number of hydrogen-bond acceptors (Lipinski definition) is 2. The summed E-state index contributed by atoms with van der Waals surface area (Å²) in [7, 11) is 2.20. The Balaban J connectivity index is 1.79. The molecule has 0 spiro atoms. The first-order valence-electron chi connectivity index (χ1n) is 9.47. The van der Waals surface area contributed by atoms with Crippen molar-refractivity contribution in [1.82, 2.24) is 14.5 Å². The highest BCUT2D eigenvalue weighted by atomic mass is 35.5. The van der Waals surface area contributed by atoms with E-state index in [2.05, 4.69) is 52.7 Å². The number of aromatic nitrogens is 2. The number of likely N-dealkylation sites (N-methyl/N-ethyl adjacent to an activating group) is 1. The van der Waals surface area contributed by atoms with Crippen LogP contribution in [0.25, 0.3) is 10.9 Å². The molecule has 0 aliphatic carbocycles. The molecule has 3 heterocycles. The van der Waals surface area contributed by atoms with Gasteiger partial charge in [0, 0.05) is 65.5 Å². The summed E-state index contributed by atoms with van der Waals surface area (Å²) in [5.41, 5.74) is 6.65. The van der Waals surface area contributed by atoms with Gasteiger partial charge in [-0.3, -0.25) is 4.98 Å². The van der Waals surface area contributed by atoms with E-state index < -0.39 is 0 Å². The summed E-state index contributed by atoms with van der Waals surface area (Å²) >= 11 is 6.32. The van der Waals surface area contributed by atoms with Gasteiger partial charge in [-0.25, -0.2) is 0 Å². The lowest BCUT2D eigenvalue weighted by Crippen LogP contribution is -2.27. The van der Waals surface area contributed by atoms with Gasteiger partial charge < -0.3 is 9.47 Å². The van der Waals surface area contributed by atoms with Crippen LogP contribution in [-0.4, -0.2) is 28.0 Å². The van der Waals surface area contributed by atoms with Gasteiger partial charge in [0.15, 0.2) is 0 Å². The standard InChI is InChI=1S/C22H26ClN3/c1-4-16(17-6-5-15(2)24-12-17)13-26-21-8-7-18(23)11-19(21)20-14-25(3)10-9-22(20)26/h5-8,11-12,16H,4,9-10,13-14H2,1-3H3. The molecule has 1 unspecified atom stereocenters. The van der Waals surface area contributed by atoms with Crippen LogP contribution >= 0.6 is 11.6 Å². The van der Waals surface area contributed by atoms with Crippen LogP contribution < -0.4 is 0 Å². The predicted molar refractivity (Wildman–Crippen MR) is 109 cm³/mol. The smallest absolute Gasteiger partial charge is 0.0487 e. The molecule has 0 amide bonds. The Bertz CT molecular complexity index is 927. The lowest BCUT2D eigenvalue weighted by atomic mass is 9.97. The molecule has 2 aromatic heterocycles. The molecule has 1 atom stereocenters. The van der Waals surface area contributed by atoms with Gasteiger partial charge in [-0.15, -0.1) is 0 Å². The summed E-state index contributed by atoms with van der Waals surface area (Å²) in [4.78, 5) is 6.91. The summed E-state index contributed by atoms with van der Waals surface area (Å²) in [6.45, 7) is 7.43. The van der Waals surface area contributed by atoms with Gasteiger partial charge in [-0.1, -0.05) is 24.6 Å². The van der Waals surface area contributed by atoms with E-state index in [1.54, 1.807) is 0 Å². The molecule has 0 N–H and O–H groups in total. The van der Waals surface area contributed by atoms with Crippen molar-refractivity contribution in [2.45, 2.75) is 45.7 Å². The van der Waals surface area contributed by atoms with E-state index in [1.165, 1.54) is 27.7 Å². The third-order valence-corrected chi connectivity index (χ3v) is 5.94. The molecule has 4 rings (SSSR count). The normalized spacial score (nSPS) is 16.0. The molecule has 1 aliphatic rings. The molecule has 0 radical (unpaired) electrons. The van der Waals surface area contributed by atoms with Gasteiger partial charge in [0.2, 0.25) is 0 Å². The highest BCUT2D eigenvalue weighted by Gasteiger charge is 2.24. The second-order valence-corrected chi connectivity index (χ2v) is 7.96. The fraction of sp³-hybridized carbons (Fsp3) is 0.409. The van der Waals surface area contributed by atoms with Gasteiger partial charge in [0.05, 0.1) is 0 Å². The Kier molecular flexibility index (Phi) is 4.76. The zero-order chi connectivity index (χ0) is 18.3. The van der Waals surface area contributed by atoms with Crippen LogP contribution in [0.4, 0.5) is 0 Å². The van der Waals surface area contributed by atoms with Crippen molar-refractivity contribution in [3.63, 3.8) is 0 Å². The van der Waals surface area contributed by atoms with Gasteiger partial charge in [-0.05, 0) is 55.8 Å². The minimum atomic E-state index is 0.470. The third kappa shape index (κ3) is 3.15. The monoisotopic (exact) mass is 367 g/mol. The topological polar surface area (TPSA) is 21.1 Å². The van der Waals surface area contributed by atoms with E-state index >= 15 is 0 Å². The van der Waals surface area contributed by atoms with Crippen LogP contribution in [0.15, 0.2) is 36.5 Å². The third-order valence-electron chi connectivity index (χ3n) is 5.71. The molecule has 0 saturated heterocycles. The van der Waals surface area contributed by atoms with Crippen molar-refractivity contribution >= 4 is 22.5 Å². The van der Waals surface area contributed by atoms with Crippen molar-refractivity contribution in [1.29, 1.82) is 0 Å². The fourth-order valence-electron chi connectivity index (χ4n) is 4.18. The molecule has 1 aromatic carbocycles. The van der Waals surface area contributed by atoms with Crippen LogP contribution in [0.2, 0.25) is 5.02 Å². The van der Waals surface area contributed by atoms with Crippen molar-refractivity contribution in [2.24, 2.45) is 0 Å². The lowest BCUT2D eigenvalue weighted by Gasteiger charge is -2.25. The van der Waals surface area contributed by atoms with Crippen molar-refractivity contribution in [3.05, 3.63) is 64.1 Å². The molecule has 0 fully saturated rings. The van der Waals surface area contributed by atoms with Crippen LogP contribution in [-0.2, 0) is 19.5 Å². The Labute approximate surface area is 160 Å². The highest BCUT2D eigenvalue weighted by molar-refractivity contribution is 6.31. The van der Waals surface area contributed by atoms with E-state index in [9.17, 15) is 0 Å². The maximum absolute atomic E-state index is 6.32. The largest absolute Gasteiger partial charge is 0.344 e. The minimum absolute atomic E-state index is 0.470. The van der Waals surface area contributed by atoms with Crippen LogP contribution in [0, 0.1) is 6.92 Å². The second-order valence-electron chi connectivity index (χ2n) is 7.52. The first-order chi connectivity index (χ1) is 12.6. The highest BCUT2D eigenvalue weighted by Crippen LogP contribution is 2.34. The van der Waals surface area contributed by atoms with Crippen LogP contribution in [0.3, 0.4) is 0 Å². The molecule has 0 bridgehead atoms. The van der Waals surface area contributed by atoms with E-state index in [0.717, 1.165) is 43.2 Å². The van der Waals surface area contributed by atoms with Gasteiger partial charge in [0.1, 0.15) is 0 Å². The van der Waals surface area contributed by atoms with Gasteiger partial charge in [-0.2, -0.15) is 0 Å². The first-order valence-corrected chi connectivity index (χ1v) is 9.85. The molecule has 1 aliphatic heterocycles. The van der Waals surface area contributed by atoms with E-state index in [0.29, 0.717) is 5.92 Å². The zero-order valence-electron chi connectivity index (χ0n) is 15.8. The van der Waals surface area contributed by atoms with E-state index in [-0.39, 0.29) is 0 Å². The number of hydrogen-bond donors (Lipinski definition) is 0. The summed E-state index contributed by atoms with van der Waals surface area (Å²) in [5, 5.41) is 2.14. The first kappa shape index (κ1) is 17.6. The number of fused-ring (bicyclic) bond motifs is 3. The van der Waals surface area contributed by atoms with Crippen LogP contribution in [0.5, 0.6) is 0 Å². The summed E-state index contributed by atoms with van der Waals surface area (Å²) in [5.74, 6) is 0.470. The minimum Gasteiger partial charge on any atom is -0.344 e. The maximum Gasteiger partial charge on any atom is 0.0487 e. The zero-order valence-corrected chi connectivity index (χ0v) is 16.6. The molecular weight excluding hydrogens is 342 g/mol. The van der Waals surface area contributed by atoms with E-state index in [1.807, 2.05) is 19.2 Å². The van der Waals surface area contributed by atoms with Crippen LogP contribution in [0.1, 0.15) is 41.8 Å². The molecule has 3 aromatic rings. The maximum atomic E-state index is 6.32. The van der Waals surface area contributed by atoms with Gasteiger partial charge >= 0.3 is 0 Å². The summed E-state index contributed by atoms with van der Waals surface area (Å²) in [6.07, 6.45) is 4.25. The number of nitrogens with zero attached hydrogens (tertiary/aromatic N) is 3. The Morgan fingerprint density at radius 2 is 2.08 bits per heavy atom. The Morgan fingerprint density at radius 1 is 1.23 bits per heavy atom. The average molecular weight is 368 g/mol. The lowest BCUT2D eigenvalue weighted by molar-refractivity contribution is 0.308. The van der Waals surface area contributed by atoms with Crippen molar-refractivity contribution in [3.8, 4) is 0 Å². The SMILES string of the molecule is CCC(Cn1c2c(c3cc(Cl)ccc31)CN(C)CC2)c1ccc(C)nc1. The van der Waals surface area contributed by atoms with Crippen molar-refractivity contribution < 1.29 is 0 Å². The fourth-order valence-corrected chi connectivity index (χ4v) is 4.35. The summed E-state index contributed by atoms with van der Waals surface area (Å²) in [6, 6.07) is 10.7. The molecular formula is C22H26ClN3. The second kappa shape index (κ2) is 7.05. The number of rotatable bonds is 4. The molecule has 3 nitrogen and oxygen atoms in total. The number of halogens is 1. The number of aryl methyl sites for hydroxylation is 1. The Hall–Kier alpha value is -1.84. The average Bonchev–Trinajstić information content (AvgIpc) is 2.93. The van der Waals surface area contributed by atoms with Crippen molar-refractivity contribution in [2.75, 3.05) is 13.6 Å². The van der Waals surface area contributed by atoms with Gasteiger partial charge in [0.25, 0.3) is 0 Å². The molecule has 136 valence electrons. The molecule has 0 saturated carbocycles. The number of benzene rings is 1. The molecule has 4 heteroatoms. The summed E-state index contributed by atoms with van der Waals surface area (Å²) < 4.78 is 2.54. The quantitative estimate of drug-likeness (QED) is 0.633. The predicted octanol–water partition coefficient (Wildman–Crippen LogP) is 5.18. The Morgan fingerprint density at radius 3 is 2.81 bits per heavy atom.